The van der Waals surface area contributed by atoms with Crippen LogP contribution in [0.4, 0.5) is 4.79 Å². The first kappa shape index (κ1) is 18.5. The number of ether oxygens (including phenoxy) is 1. The largest absolute Gasteiger partial charge is 0.443 e. The van der Waals surface area contributed by atoms with Crippen LogP contribution in [0.1, 0.15) is 53.4 Å². The second-order valence-corrected chi connectivity index (χ2v) is 7.04. The van der Waals surface area contributed by atoms with Crippen molar-refractivity contribution >= 4 is 6.09 Å². The fourth-order valence-corrected chi connectivity index (χ4v) is 2.33. The van der Waals surface area contributed by atoms with Gasteiger partial charge in [-0.25, -0.2) is 4.79 Å². The first-order valence-electron chi connectivity index (χ1n) is 7.99. The van der Waals surface area contributed by atoms with E-state index < -0.39 is 5.60 Å². The molecular formula is C17H29N3O2. The third kappa shape index (κ3) is 6.48. The summed E-state index contributed by atoms with van der Waals surface area (Å²) in [6.07, 6.45) is 5.22. The van der Waals surface area contributed by atoms with Crippen molar-refractivity contribution in [2.24, 2.45) is 0 Å². The zero-order chi connectivity index (χ0) is 16.8. The van der Waals surface area contributed by atoms with E-state index in [4.69, 9.17) is 10.00 Å². The van der Waals surface area contributed by atoms with Gasteiger partial charge in [-0.3, -0.25) is 9.80 Å². The highest BCUT2D eigenvalue weighted by Crippen LogP contribution is 2.19. The molecule has 1 aliphatic heterocycles. The number of hydrogen-bond acceptors (Lipinski definition) is 4. The standard InChI is InChI=1S/C17H29N3O2/c1-14(9-10-18)19(5)12-15-8-6-7-11-20(13-15)16(21)22-17(2,3)4/h13-14H,6-9,11-12H2,1-5H3. The summed E-state index contributed by atoms with van der Waals surface area (Å²) in [5.74, 6) is 0. The van der Waals surface area contributed by atoms with Gasteiger partial charge < -0.3 is 4.74 Å². The van der Waals surface area contributed by atoms with E-state index in [1.165, 1.54) is 5.57 Å². The molecule has 5 nitrogen and oxygen atoms in total. The van der Waals surface area contributed by atoms with Gasteiger partial charge in [0.05, 0.1) is 12.5 Å². The summed E-state index contributed by atoms with van der Waals surface area (Å²) in [6.45, 7) is 9.17. The van der Waals surface area contributed by atoms with Crippen LogP contribution in [0.2, 0.25) is 0 Å². The van der Waals surface area contributed by atoms with Crippen LogP contribution < -0.4 is 0 Å². The van der Waals surface area contributed by atoms with Crippen molar-refractivity contribution in [2.45, 2.75) is 65.0 Å². The molecule has 1 aliphatic rings. The second-order valence-electron chi connectivity index (χ2n) is 7.04. The summed E-state index contributed by atoms with van der Waals surface area (Å²) < 4.78 is 5.46. The molecule has 0 aliphatic carbocycles. The Balaban J connectivity index is 2.72. The Bertz CT molecular complexity index is 446. The van der Waals surface area contributed by atoms with E-state index in [-0.39, 0.29) is 12.1 Å². The molecule has 0 fully saturated rings. The smallest absolute Gasteiger partial charge is 0.414 e. The minimum atomic E-state index is -0.477. The molecule has 124 valence electrons. The predicted molar refractivity (Wildman–Crippen MR) is 87.2 cm³/mol. The van der Waals surface area contributed by atoms with E-state index >= 15 is 0 Å². The molecule has 0 aromatic heterocycles. The lowest BCUT2D eigenvalue weighted by Gasteiger charge is -2.26. The topological polar surface area (TPSA) is 56.6 Å². The summed E-state index contributed by atoms with van der Waals surface area (Å²) in [4.78, 5) is 16.1. The summed E-state index contributed by atoms with van der Waals surface area (Å²) in [7, 11) is 2.02. The van der Waals surface area contributed by atoms with E-state index in [0.717, 1.165) is 25.8 Å². The second kappa shape index (κ2) is 8.19. The van der Waals surface area contributed by atoms with E-state index in [1.807, 2.05) is 40.9 Å². The Morgan fingerprint density at radius 1 is 1.50 bits per heavy atom. The molecule has 0 spiro atoms. The first-order chi connectivity index (χ1) is 10.2. The van der Waals surface area contributed by atoms with Crippen LogP contribution in [0, 0.1) is 11.3 Å². The summed E-state index contributed by atoms with van der Waals surface area (Å²) >= 11 is 0. The lowest BCUT2D eigenvalue weighted by molar-refractivity contribution is 0.0334. The lowest BCUT2D eigenvalue weighted by Crippen LogP contribution is -2.35. The van der Waals surface area contributed by atoms with Gasteiger partial charge in [-0.2, -0.15) is 5.26 Å². The average molecular weight is 307 g/mol. The molecule has 0 aromatic rings. The van der Waals surface area contributed by atoms with Gasteiger partial charge in [-0.15, -0.1) is 0 Å². The van der Waals surface area contributed by atoms with Gasteiger partial charge in [0, 0.05) is 25.3 Å². The Kier molecular flexibility index (Phi) is 6.89. The first-order valence-corrected chi connectivity index (χ1v) is 7.99. The SMILES string of the molecule is CC(CC#N)N(C)CC1=CN(C(=O)OC(C)(C)C)CCCC1. The zero-order valence-corrected chi connectivity index (χ0v) is 14.6. The Hall–Kier alpha value is -1.54. The molecule has 0 radical (unpaired) electrons. The maximum Gasteiger partial charge on any atom is 0.414 e. The molecule has 0 bridgehead atoms. The van der Waals surface area contributed by atoms with Crippen LogP contribution in [-0.4, -0.2) is 47.7 Å². The van der Waals surface area contributed by atoms with Crippen molar-refractivity contribution < 1.29 is 9.53 Å². The monoisotopic (exact) mass is 307 g/mol. The molecule has 1 amide bonds. The molecule has 0 N–H and O–H groups in total. The highest BCUT2D eigenvalue weighted by molar-refractivity contribution is 5.69. The minimum Gasteiger partial charge on any atom is -0.443 e. The number of rotatable bonds is 4. The van der Waals surface area contributed by atoms with E-state index in [2.05, 4.69) is 11.0 Å². The Morgan fingerprint density at radius 2 is 2.18 bits per heavy atom. The highest BCUT2D eigenvalue weighted by Gasteiger charge is 2.23. The molecule has 0 saturated carbocycles. The maximum atomic E-state index is 12.2. The van der Waals surface area contributed by atoms with Crippen molar-refractivity contribution in [2.75, 3.05) is 20.1 Å². The van der Waals surface area contributed by atoms with Gasteiger partial charge in [0.2, 0.25) is 0 Å². The van der Waals surface area contributed by atoms with Gasteiger partial charge in [-0.05, 0) is 59.6 Å². The van der Waals surface area contributed by atoms with Crippen LogP contribution in [0.5, 0.6) is 0 Å². The van der Waals surface area contributed by atoms with Crippen LogP contribution in [0.15, 0.2) is 11.8 Å². The lowest BCUT2D eigenvalue weighted by atomic mass is 10.1. The molecule has 5 heteroatoms. The van der Waals surface area contributed by atoms with Crippen molar-refractivity contribution in [3.63, 3.8) is 0 Å². The summed E-state index contributed by atoms with van der Waals surface area (Å²) in [6, 6.07) is 2.42. The highest BCUT2D eigenvalue weighted by atomic mass is 16.6. The summed E-state index contributed by atoms with van der Waals surface area (Å²) in [5.41, 5.74) is 0.741. The van der Waals surface area contributed by atoms with E-state index in [9.17, 15) is 4.79 Å². The molecular weight excluding hydrogens is 278 g/mol. The quantitative estimate of drug-likeness (QED) is 0.797. The van der Waals surface area contributed by atoms with Gasteiger partial charge in [-0.1, -0.05) is 0 Å². The molecule has 22 heavy (non-hydrogen) atoms. The number of hydrogen-bond donors (Lipinski definition) is 0. The molecule has 0 saturated heterocycles. The minimum absolute atomic E-state index is 0.212. The Morgan fingerprint density at radius 3 is 2.77 bits per heavy atom. The van der Waals surface area contributed by atoms with Crippen LogP contribution in [0.25, 0.3) is 0 Å². The van der Waals surface area contributed by atoms with Crippen molar-refractivity contribution in [1.29, 1.82) is 5.26 Å². The van der Waals surface area contributed by atoms with Crippen LogP contribution >= 0.6 is 0 Å². The van der Waals surface area contributed by atoms with Crippen molar-refractivity contribution in [1.82, 2.24) is 9.80 Å². The third-order valence-electron chi connectivity index (χ3n) is 3.70. The van der Waals surface area contributed by atoms with Gasteiger partial charge in [0.15, 0.2) is 0 Å². The van der Waals surface area contributed by atoms with Crippen LogP contribution in [-0.2, 0) is 4.74 Å². The molecule has 1 atom stereocenters. The number of carbonyl (C=O) groups excluding carboxylic acids is 1. The molecule has 1 rings (SSSR count). The fourth-order valence-electron chi connectivity index (χ4n) is 2.33. The number of nitrogens with zero attached hydrogens (tertiary/aromatic N) is 3. The van der Waals surface area contributed by atoms with Crippen molar-refractivity contribution in [3.8, 4) is 6.07 Å². The van der Waals surface area contributed by atoms with E-state index in [1.54, 1.807) is 4.90 Å². The van der Waals surface area contributed by atoms with Gasteiger partial charge in [0.25, 0.3) is 0 Å². The summed E-state index contributed by atoms with van der Waals surface area (Å²) in [5, 5.41) is 8.80. The maximum absolute atomic E-state index is 12.2. The predicted octanol–water partition coefficient (Wildman–Crippen LogP) is 3.53. The number of likely N-dealkylation sites (N-methyl/N-ethyl adjacent to an activating group) is 1. The molecule has 0 aromatic carbocycles. The Labute approximate surface area is 134 Å². The molecule has 1 unspecified atom stereocenters. The number of carbonyl (C=O) groups is 1. The average Bonchev–Trinajstić information content (AvgIpc) is 2.62. The number of nitriles is 1. The fraction of sp³-hybridized carbons (Fsp3) is 0.765. The van der Waals surface area contributed by atoms with E-state index in [0.29, 0.717) is 13.0 Å². The molecule has 1 heterocycles. The van der Waals surface area contributed by atoms with Gasteiger partial charge >= 0.3 is 6.09 Å². The zero-order valence-electron chi connectivity index (χ0n) is 14.6. The normalized spacial score (nSPS) is 17.5. The van der Waals surface area contributed by atoms with Gasteiger partial charge in [0.1, 0.15) is 5.60 Å². The van der Waals surface area contributed by atoms with Crippen LogP contribution in [0.3, 0.4) is 0 Å². The van der Waals surface area contributed by atoms with Crippen molar-refractivity contribution in [3.05, 3.63) is 11.8 Å². The number of amides is 1. The third-order valence-corrected chi connectivity index (χ3v) is 3.70.